The van der Waals surface area contributed by atoms with Crippen LogP contribution in [0.2, 0.25) is 0 Å². The molecular formula is C16H10N4. The highest BCUT2D eigenvalue weighted by Gasteiger charge is 2.04. The molecule has 0 radical (unpaired) electrons. The molecule has 4 heteroatoms. The summed E-state index contributed by atoms with van der Waals surface area (Å²) in [5, 5.41) is 0. The highest BCUT2D eigenvalue weighted by Crippen LogP contribution is 2.21. The Morgan fingerprint density at radius 1 is 0.650 bits per heavy atom. The number of aromatic nitrogens is 4. The van der Waals surface area contributed by atoms with Crippen molar-refractivity contribution >= 4 is 22.1 Å². The highest BCUT2D eigenvalue weighted by molar-refractivity contribution is 5.82. The number of hydrogen-bond donors (Lipinski definition) is 0. The van der Waals surface area contributed by atoms with Crippen LogP contribution in [0.15, 0.2) is 61.1 Å². The second-order valence-corrected chi connectivity index (χ2v) is 4.50. The zero-order chi connectivity index (χ0) is 13.4. The van der Waals surface area contributed by atoms with Crippen molar-refractivity contribution in [1.82, 2.24) is 19.9 Å². The zero-order valence-corrected chi connectivity index (χ0v) is 10.6. The summed E-state index contributed by atoms with van der Waals surface area (Å²) in [6, 6.07) is 13.6. The van der Waals surface area contributed by atoms with E-state index in [1.54, 1.807) is 12.4 Å². The Morgan fingerprint density at radius 3 is 2.30 bits per heavy atom. The van der Waals surface area contributed by atoms with E-state index in [4.69, 9.17) is 0 Å². The molecule has 20 heavy (non-hydrogen) atoms. The van der Waals surface area contributed by atoms with Crippen molar-refractivity contribution < 1.29 is 0 Å². The minimum Gasteiger partial charge on any atom is -0.255 e. The molecule has 4 rings (SSSR count). The van der Waals surface area contributed by atoms with Crippen molar-refractivity contribution in [1.29, 1.82) is 0 Å². The van der Waals surface area contributed by atoms with E-state index in [2.05, 4.69) is 19.9 Å². The first-order valence-electron chi connectivity index (χ1n) is 6.33. The van der Waals surface area contributed by atoms with E-state index in [-0.39, 0.29) is 0 Å². The van der Waals surface area contributed by atoms with Gasteiger partial charge in [0.05, 0.1) is 27.8 Å². The first kappa shape index (κ1) is 11.0. The molecule has 0 aromatic carbocycles. The number of rotatable bonds is 1. The predicted molar refractivity (Wildman–Crippen MR) is 78.1 cm³/mol. The molecule has 0 amide bonds. The molecule has 0 saturated carbocycles. The Bertz CT molecular complexity index is 841. The molecule has 4 aromatic rings. The van der Waals surface area contributed by atoms with E-state index in [1.165, 1.54) is 0 Å². The first-order valence-corrected chi connectivity index (χ1v) is 6.33. The summed E-state index contributed by atoms with van der Waals surface area (Å²) in [6.07, 6.45) is 5.37. The second-order valence-electron chi connectivity index (χ2n) is 4.50. The molecule has 0 aliphatic rings. The molecule has 0 aliphatic carbocycles. The van der Waals surface area contributed by atoms with Gasteiger partial charge in [0.1, 0.15) is 0 Å². The van der Waals surface area contributed by atoms with Crippen LogP contribution in [0.4, 0.5) is 0 Å². The second kappa shape index (κ2) is 4.35. The van der Waals surface area contributed by atoms with E-state index in [1.807, 2.05) is 48.7 Å². The topological polar surface area (TPSA) is 51.6 Å². The zero-order valence-electron chi connectivity index (χ0n) is 10.6. The molecule has 0 fully saturated rings. The molecule has 0 aliphatic heterocycles. The van der Waals surface area contributed by atoms with E-state index in [0.717, 1.165) is 33.3 Å². The fourth-order valence-electron chi connectivity index (χ4n) is 2.21. The van der Waals surface area contributed by atoms with Crippen LogP contribution >= 0.6 is 0 Å². The molecule has 0 saturated heterocycles. The Balaban J connectivity index is 1.91. The standard InChI is InChI=1S/C16H10N4/c1-3-13-16(18-8-1)9-11(10-19-13)12-5-6-14-15(20-12)4-2-7-17-14/h1-10H. The van der Waals surface area contributed by atoms with Crippen LogP contribution in [-0.4, -0.2) is 19.9 Å². The smallest absolute Gasteiger partial charge is 0.0894 e. The normalized spacial score (nSPS) is 11.0. The Morgan fingerprint density at radius 2 is 1.40 bits per heavy atom. The van der Waals surface area contributed by atoms with Gasteiger partial charge in [-0.05, 0) is 42.5 Å². The summed E-state index contributed by atoms with van der Waals surface area (Å²) in [7, 11) is 0. The summed E-state index contributed by atoms with van der Waals surface area (Å²) in [5.41, 5.74) is 5.37. The number of nitrogens with zero attached hydrogens (tertiary/aromatic N) is 4. The summed E-state index contributed by atoms with van der Waals surface area (Å²) >= 11 is 0. The van der Waals surface area contributed by atoms with Gasteiger partial charge < -0.3 is 0 Å². The summed E-state index contributed by atoms with van der Waals surface area (Å²) in [6.45, 7) is 0. The van der Waals surface area contributed by atoms with Gasteiger partial charge in [0.2, 0.25) is 0 Å². The molecule has 0 bridgehead atoms. The van der Waals surface area contributed by atoms with Crippen molar-refractivity contribution in [3.63, 3.8) is 0 Å². The third-order valence-electron chi connectivity index (χ3n) is 3.20. The lowest BCUT2D eigenvalue weighted by molar-refractivity contribution is 1.30. The van der Waals surface area contributed by atoms with Gasteiger partial charge in [-0.2, -0.15) is 0 Å². The van der Waals surface area contributed by atoms with Crippen LogP contribution in [0, 0.1) is 0 Å². The molecule has 94 valence electrons. The Hall–Kier alpha value is -2.88. The summed E-state index contributed by atoms with van der Waals surface area (Å²) in [4.78, 5) is 17.6. The monoisotopic (exact) mass is 258 g/mol. The van der Waals surface area contributed by atoms with Gasteiger partial charge in [-0.3, -0.25) is 15.0 Å². The van der Waals surface area contributed by atoms with Gasteiger partial charge >= 0.3 is 0 Å². The van der Waals surface area contributed by atoms with Gasteiger partial charge in [0.25, 0.3) is 0 Å². The number of fused-ring (bicyclic) bond motifs is 2. The van der Waals surface area contributed by atoms with Crippen molar-refractivity contribution in [2.24, 2.45) is 0 Å². The molecule has 4 nitrogen and oxygen atoms in total. The molecular weight excluding hydrogens is 248 g/mol. The maximum absolute atomic E-state index is 4.62. The largest absolute Gasteiger partial charge is 0.255 e. The van der Waals surface area contributed by atoms with E-state index < -0.39 is 0 Å². The average Bonchev–Trinajstić information content (AvgIpc) is 2.54. The maximum atomic E-state index is 4.62. The van der Waals surface area contributed by atoms with Gasteiger partial charge in [0, 0.05) is 24.2 Å². The van der Waals surface area contributed by atoms with Crippen LogP contribution in [0.25, 0.3) is 33.3 Å². The molecule has 0 N–H and O–H groups in total. The molecule has 0 atom stereocenters. The SMILES string of the molecule is c1cnc2cc(-c3ccc4ncccc4n3)cnc2c1. The average molecular weight is 258 g/mol. The third kappa shape index (κ3) is 1.78. The Labute approximate surface area is 115 Å². The third-order valence-corrected chi connectivity index (χ3v) is 3.20. The van der Waals surface area contributed by atoms with Crippen molar-refractivity contribution in [2.75, 3.05) is 0 Å². The fraction of sp³-hybridized carbons (Fsp3) is 0. The molecule has 0 unspecified atom stereocenters. The van der Waals surface area contributed by atoms with Crippen molar-refractivity contribution in [3.05, 3.63) is 61.1 Å². The highest BCUT2D eigenvalue weighted by atomic mass is 14.8. The lowest BCUT2D eigenvalue weighted by atomic mass is 10.1. The van der Waals surface area contributed by atoms with Crippen LogP contribution < -0.4 is 0 Å². The number of pyridine rings is 4. The predicted octanol–water partition coefficient (Wildman–Crippen LogP) is 3.24. The Kier molecular flexibility index (Phi) is 2.39. The van der Waals surface area contributed by atoms with Crippen molar-refractivity contribution in [3.8, 4) is 11.3 Å². The van der Waals surface area contributed by atoms with Crippen molar-refractivity contribution in [2.45, 2.75) is 0 Å². The quantitative estimate of drug-likeness (QED) is 0.526. The minimum absolute atomic E-state index is 0.873. The first-order chi connectivity index (χ1) is 9.90. The molecule has 4 heterocycles. The minimum atomic E-state index is 0.873. The van der Waals surface area contributed by atoms with Crippen LogP contribution in [0.3, 0.4) is 0 Å². The van der Waals surface area contributed by atoms with E-state index in [0.29, 0.717) is 0 Å². The van der Waals surface area contributed by atoms with E-state index >= 15 is 0 Å². The van der Waals surface area contributed by atoms with Crippen LogP contribution in [0.5, 0.6) is 0 Å². The van der Waals surface area contributed by atoms with Gasteiger partial charge in [-0.1, -0.05) is 0 Å². The number of hydrogen-bond acceptors (Lipinski definition) is 4. The van der Waals surface area contributed by atoms with Crippen LogP contribution in [-0.2, 0) is 0 Å². The van der Waals surface area contributed by atoms with E-state index in [9.17, 15) is 0 Å². The van der Waals surface area contributed by atoms with Gasteiger partial charge in [-0.15, -0.1) is 0 Å². The van der Waals surface area contributed by atoms with Gasteiger partial charge in [-0.25, -0.2) is 4.98 Å². The lowest BCUT2D eigenvalue weighted by Crippen LogP contribution is -1.89. The molecule has 4 aromatic heterocycles. The molecule has 0 spiro atoms. The summed E-state index contributed by atoms with van der Waals surface area (Å²) < 4.78 is 0. The fourth-order valence-corrected chi connectivity index (χ4v) is 2.21. The summed E-state index contributed by atoms with van der Waals surface area (Å²) in [5.74, 6) is 0. The van der Waals surface area contributed by atoms with Crippen LogP contribution in [0.1, 0.15) is 0 Å². The maximum Gasteiger partial charge on any atom is 0.0894 e. The van der Waals surface area contributed by atoms with Gasteiger partial charge in [0.15, 0.2) is 0 Å². The lowest BCUT2D eigenvalue weighted by Gasteiger charge is -2.03.